The van der Waals surface area contributed by atoms with Gasteiger partial charge in [-0.1, -0.05) is 35.9 Å². The molecule has 0 saturated heterocycles. The van der Waals surface area contributed by atoms with E-state index in [0.29, 0.717) is 22.7 Å². The van der Waals surface area contributed by atoms with Crippen molar-refractivity contribution in [2.75, 3.05) is 5.73 Å². The van der Waals surface area contributed by atoms with Gasteiger partial charge in [-0.05, 0) is 29.3 Å². The molecule has 0 bridgehead atoms. The summed E-state index contributed by atoms with van der Waals surface area (Å²) in [6.45, 7) is 0. The third-order valence-corrected chi connectivity index (χ3v) is 4.08. The largest absolute Gasteiger partial charge is 0.398 e. The van der Waals surface area contributed by atoms with Crippen molar-refractivity contribution >= 4 is 23.2 Å². The molecule has 2 aromatic carbocycles. The zero-order valence-corrected chi connectivity index (χ0v) is 12.0. The third kappa shape index (κ3) is 2.60. The molecule has 0 spiro atoms. The average molecular weight is 303 g/mol. The highest BCUT2D eigenvalue weighted by Gasteiger charge is 2.32. The number of nitrogens with one attached hydrogen (secondary N) is 1. The molecule has 2 aromatic rings. The number of carbonyl (C=O) groups is 1. The van der Waals surface area contributed by atoms with Crippen molar-refractivity contribution in [3.8, 4) is 0 Å². The van der Waals surface area contributed by atoms with E-state index in [1.54, 1.807) is 12.1 Å². The van der Waals surface area contributed by atoms with Gasteiger partial charge in [0.1, 0.15) is 0 Å². The lowest BCUT2D eigenvalue weighted by molar-refractivity contribution is 0.0858. The Hall–Kier alpha value is -2.04. The fraction of sp³-hybridized carbons (Fsp3) is 0.188. The van der Waals surface area contributed by atoms with Crippen LogP contribution in [0.2, 0.25) is 5.02 Å². The van der Waals surface area contributed by atoms with Gasteiger partial charge >= 0.3 is 0 Å². The van der Waals surface area contributed by atoms with E-state index in [2.05, 4.69) is 5.32 Å². The number of carbonyl (C=O) groups excluding carboxylic acids is 1. The lowest BCUT2D eigenvalue weighted by Crippen LogP contribution is -2.33. The minimum Gasteiger partial charge on any atom is -0.398 e. The SMILES string of the molecule is Nc1ccc(C(=O)N[C@@H]2c3ccccc3C[C@@H]2O)cc1Cl. The number of rotatable bonds is 2. The molecule has 21 heavy (non-hydrogen) atoms. The number of benzene rings is 2. The highest BCUT2D eigenvalue weighted by atomic mass is 35.5. The van der Waals surface area contributed by atoms with Gasteiger partial charge in [0.15, 0.2) is 0 Å². The Kier molecular flexibility index (Phi) is 3.57. The normalized spacial score (nSPS) is 20.1. The van der Waals surface area contributed by atoms with E-state index in [-0.39, 0.29) is 5.91 Å². The Morgan fingerprint density at radius 2 is 2.05 bits per heavy atom. The number of anilines is 1. The van der Waals surface area contributed by atoms with E-state index in [4.69, 9.17) is 17.3 Å². The van der Waals surface area contributed by atoms with Crippen LogP contribution in [0.15, 0.2) is 42.5 Å². The van der Waals surface area contributed by atoms with Crippen molar-refractivity contribution in [2.45, 2.75) is 18.6 Å². The molecule has 0 aromatic heterocycles. The van der Waals surface area contributed by atoms with Gasteiger partial charge in [-0.2, -0.15) is 0 Å². The van der Waals surface area contributed by atoms with E-state index in [1.165, 1.54) is 6.07 Å². The molecule has 0 aliphatic heterocycles. The zero-order valence-electron chi connectivity index (χ0n) is 11.2. The Labute approximate surface area is 127 Å². The summed E-state index contributed by atoms with van der Waals surface area (Å²) in [5, 5.41) is 13.3. The average Bonchev–Trinajstić information content (AvgIpc) is 2.78. The van der Waals surface area contributed by atoms with E-state index >= 15 is 0 Å². The van der Waals surface area contributed by atoms with Crippen LogP contribution in [0.4, 0.5) is 5.69 Å². The lowest BCUT2D eigenvalue weighted by atomic mass is 10.1. The second kappa shape index (κ2) is 5.39. The quantitative estimate of drug-likeness (QED) is 0.745. The van der Waals surface area contributed by atoms with Crippen LogP contribution in [0.25, 0.3) is 0 Å². The van der Waals surface area contributed by atoms with Gasteiger partial charge in [-0.25, -0.2) is 0 Å². The number of hydrogen-bond acceptors (Lipinski definition) is 3. The van der Waals surface area contributed by atoms with Crippen LogP contribution in [-0.4, -0.2) is 17.1 Å². The molecular formula is C16H15ClN2O2. The molecule has 0 radical (unpaired) electrons. The summed E-state index contributed by atoms with van der Waals surface area (Å²) < 4.78 is 0. The van der Waals surface area contributed by atoms with Crippen LogP contribution in [0, 0.1) is 0 Å². The van der Waals surface area contributed by atoms with Crippen LogP contribution >= 0.6 is 11.6 Å². The number of amides is 1. The van der Waals surface area contributed by atoms with Gasteiger partial charge in [-0.15, -0.1) is 0 Å². The standard InChI is InChI=1S/C16H15ClN2O2/c17-12-7-10(5-6-13(12)18)16(21)19-15-11-4-2-1-3-9(11)8-14(15)20/h1-7,14-15,20H,8,18H2,(H,19,21)/t14-,15+/m0/s1. The van der Waals surface area contributed by atoms with Gasteiger partial charge in [0.2, 0.25) is 0 Å². The van der Waals surface area contributed by atoms with Crippen molar-refractivity contribution in [3.63, 3.8) is 0 Å². The highest BCUT2D eigenvalue weighted by Crippen LogP contribution is 2.31. The van der Waals surface area contributed by atoms with E-state index in [1.807, 2.05) is 24.3 Å². The summed E-state index contributed by atoms with van der Waals surface area (Å²) in [5.74, 6) is -0.280. The van der Waals surface area contributed by atoms with Crippen LogP contribution < -0.4 is 11.1 Å². The maximum Gasteiger partial charge on any atom is 0.251 e. The fourth-order valence-electron chi connectivity index (χ4n) is 2.64. The topological polar surface area (TPSA) is 75.4 Å². The minimum atomic E-state index is -0.615. The lowest BCUT2D eigenvalue weighted by Gasteiger charge is -2.18. The number of halogens is 1. The number of aliphatic hydroxyl groups is 1. The summed E-state index contributed by atoms with van der Waals surface area (Å²) in [6.07, 6.45) is -0.0699. The zero-order chi connectivity index (χ0) is 15.0. The number of aliphatic hydroxyl groups excluding tert-OH is 1. The van der Waals surface area contributed by atoms with E-state index in [0.717, 1.165) is 11.1 Å². The van der Waals surface area contributed by atoms with E-state index < -0.39 is 12.1 Å². The first-order valence-electron chi connectivity index (χ1n) is 6.68. The number of nitrogen functional groups attached to an aromatic ring is 1. The Balaban J connectivity index is 1.83. The second-order valence-corrected chi connectivity index (χ2v) is 5.56. The van der Waals surface area contributed by atoms with Crippen molar-refractivity contribution in [1.29, 1.82) is 0 Å². The minimum absolute atomic E-state index is 0.280. The molecule has 1 amide bonds. The molecule has 4 N–H and O–H groups in total. The summed E-state index contributed by atoms with van der Waals surface area (Å²) in [6, 6.07) is 12.0. The van der Waals surface area contributed by atoms with Gasteiger partial charge in [0, 0.05) is 12.0 Å². The van der Waals surface area contributed by atoms with Gasteiger partial charge in [0.25, 0.3) is 5.91 Å². The monoisotopic (exact) mass is 302 g/mol. The second-order valence-electron chi connectivity index (χ2n) is 5.16. The maximum absolute atomic E-state index is 12.3. The molecule has 1 aliphatic rings. The number of fused-ring (bicyclic) bond motifs is 1. The molecule has 0 saturated carbocycles. The van der Waals surface area contributed by atoms with Gasteiger partial charge in [-0.3, -0.25) is 4.79 Å². The van der Waals surface area contributed by atoms with Crippen molar-refractivity contribution < 1.29 is 9.90 Å². The molecule has 0 fully saturated rings. The molecule has 3 rings (SSSR count). The fourth-order valence-corrected chi connectivity index (χ4v) is 2.82. The summed E-state index contributed by atoms with van der Waals surface area (Å²) in [4.78, 5) is 12.3. The molecule has 108 valence electrons. The molecule has 0 unspecified atom stereocenters. The Morgan fingerprint density at radius 1 is 1.29 bits per heavy atom. The van der Waals surface area contributed by atoms with Crippen LogP contribution in [-0.2, 0) is 6.42 Å². The molecule has 0 heterocycles. The molecule has 1 aliphatic carbocycles. The van der Waals surface area contributed by atoms with Gasteiger partial charge < -0.3 is 16.2 Å². The van der Waals surface area contributed by atoms with E-state index in [9.17, 15) is 9.90 Å². The first-order valence-corrected chi connectivity index (χ1v) is 7.06. The van der Waals surface area contributed by atoms with Crippen molar-refractivity contribution in [2.24, 2.45) is 0 Å². The maximum atomic E-state index is 12.3. The predicted molar refractivity (Wildman–Crippen MR) is 82.2 cm³/mol. The smallest absolute Gasteiger partial charge is 0.251 e. The summed E-state index contributed by atoms with van der Waals surface area (Å²) in [5.41, 5.74) is 8.51. The molecular weight excluding hydrogens is 288 g/mol. The van der Waals surface area contributed by atoms with Crippen LogP contribution in [0.5, 0.6) is 0 Å². The van der Waals surface area contributed by atoms with Gasteiger partial charge in [0.05, 0.1) is 22.9 Å². The first kappa shape index (κ1) is 13.9. The Bertz CT molecular complexity index is 702. The Morgan fingerprint density at radius 3 is 2.81 bits per heavy atom. The first-order chi connectivity index (χ1) is 10.1. The molecule has 5 heteroatoms. The van der Waals surface area contributed by atoms with Crippen molar-refractivity contribution in [3.05, 3.63) is 64.2 Å². The van der Waals surface area contributed by atoms with Crippen LogP contribution in [0.1, 0.15) is 27.5 Å². The molecule has 4 nitrogen and oxygen atoms in total. The van der Waals surface area contributed by atoms with Crippen molar-refractivity contribution in [1.82, 2.24) is 5.32 Å². The molecule has 2 atom stereocenters. The predicted octanol–water partition coefficient (Wildman–Crippen LogP) is 2.31. The number of nitrogens with two attached hydrogens (primary N) is 1. The summed E-state index contributed by atoms with van der Waals surface area (Å²) >= 11 is 5.93. The summed E-state index contributed by atoms with van der Waals surface area (Å²) in [7, 11) is 0. The van der Waals surface area contributed by atoms with Crippen LogP contribution in [0.3, 0.4) is 0 Å². The highest BCUT2D eigenvalue weighted by molar-refractivity contribution is 6.33. The number of hydrogen-bond donors (Lipinski definition) is 3. The third-order valence-electron chi connectivity index (χ3n) is 3.75.